The van der Waals surface area contributed by atoms with Crippen molar-refractivity contribution in [2.24, 2.45) is 0 Å². The number of aromatic nitrogens is 2. The van der Waals surface area contributed by atoms with Crippen LogP contribution in [0.5, 0.6) is 0 Å². The lowest BCUT2D eigenvalue weighted by Crippen LogP contribution is -1.99. The summed E-state index contributed by atoms with van der Waals surface area (Å²) >= 11 is 1.74. The molecule has 0 bridgehead atoms. The van der Waals surface area contributed by atoms with Crippen LogP contribution >= 0.6 is 11.3 Å². The first-order valence-corrected chi connectivity index (χ1v) is 4.57. The van der Waals surface area contributed by atoms with Crippen LogP contribution in [-0.4, -0.2) is 9.78 Å². The van der Waals surface area contributed by atoms with Crippen molar-refractivity contribution in [1.29, 1.82) is 0 Å². The molecule has 0 aliphatic carbocycles. The maximum absolute atomic E-state index is 4.40. The van der Waals surface area contributed by atoms with Gasteiger partial charge in [0.25, 0.3) is 0 Å². The normalized spacial score (nSPS) is 11.5. The van der Waals surface area contributed by atoms with Crippen LogP contribution in [-0.2, 0) is 0 Å². The quantitative estimate of drug-likeness (QED) is 0.637. The third-order valence-corrected chi connectivity index (χ3v) is 2.52. The molecule has 0 spiro atoms. The molecule has 2 rings (SSSR count). The van der Waals surface area contributed by atoms with Crippen molar-refractivity contribution in [2.45, 2.75) is 19.9 Å². The molecule has 0 aromatic carbocycles. The molecule has 0 fully saturated rings. The number of hydrogen-bond donors (Lipinski definition) is 0. The van der Waals surface area contributed by atoms with E-state index in [1.54, 1.807) is 11.3 Å². The zero-order valence-corrected chi connectivity index (χ0v) is 7.43. The van der Waals surface area contributed by atoms with Gasteiger partial charge in [-0.15, -0.1) is 11.3 Å². The van der Waals surface area contributed by atoms with Crippen molar-refractivity contribution in [2.75, 3.05) is 0 Å². The largest absolute Gasteiger partial charge is 0.268 e. The summed E-state index contributed by atoms with van der Waals surface area (Å²) < 4.78 is 3.28. The molecule has 2 nitrogen and oxygen atoms in total. The van der Waals surface area contributed by atoms with E-state index >= 15 is 0 Å². The molecule has 0 atom stereocenters. The lowest BCUT2D eigenvalue weighted by atomic mass is 10.4. The predicted molar refractivity (Wildman–Crippen MR) is 48.0 cm³/mol. The van der Waals surface area contributed by atoms with Gasteiger partial charge in [-0.1, -0.05) is 0 Å². The van der Waals surface area contributed by atoms with Crippen molar-refractivity contribution in [1.82, 2.24) is 9.78 Å². The molecule has 0 aliphatic heterocycles. The van der Waals surface area contributed by atoms with Gasteiger partial charge >= 0.3 is 0 Å². The second-order valence-electron chi connectivity index (χ2n) is 2.87. The fourth-order valence-electron chi connectivity index (χ4n) is 1.03. The number of fused-ring (bicyclic) bond motifs is 1. The summed E-state index contributed by atoms with van der Waals surface area (Å²) in [5, 5.41) is 6.47. The Morgan fingerprint density at radius 1 is 1.55 bits per heavy atom. The van der Waals surface area contributed by atoms with E-state index in [2.05, 4.69) is 36.6 Å². The van der Waals surface area contributed by atoms with E-state index in [0.717, 1.165) is 5.52 Å². The number of rotatable bonds is 1. The van der Waals surface area contributed by atoms with Crippen LogP contribution in [0.3, 0.4) is 0 Å². The first kappa shape index (κ1) is 6.85. The van der Waals surface area contributed by atoms with Gasteiger partial charge in [-0.2, -0.15) is 5.10 Å². The third kappa shape index (κ3) is 1.05. The summed E-state index contributed by atoms with van der Waals surface area (Å²) in [6, 6.07) is 2.52. The molecule has 2 aromatic heterocycles. The number of hydrogen-bond acceptors (Lipinski definition) is 2. The SMILES string of the molecule is CC(C)n1cc2sccc2n1. The molecule has 3 heteroatoms. The molecule has 2 aromatic rings. The zero-order valence-electron chi connectivity index (χ0n) is 6.61. The van der Waals surface area contributed by atoms with Gasteiger partial charge in [0.05, 0.1) is 4.70 Å². The molecule has 0 radical (unpaired) electrons. The smallest absolute Gasteiger partial charge is 0.103 e. The van der Waals surface area contributed by atoms with Crippen LogP contribution in [0, 0.1) is 0 Å². The molecule has 0 saturated heterocycles. The second-order valence-corrected chi connectivity index (χ2v) is 3.82. The van der Waals surface area contributed by atoms with Gasteiger partial charge in [-0.05, 0) is 25.3 Å². The van der Waals surface area contributed by atoms with Gasteiger partial charge in [0.2, 0.25) is 0 Å². The van der Waals surface area contributed by atoms with Gasteiger partial charge in [-0.3, -0.25) is 4.68 Å². The molecule has 0 aliphatic rings. The van der Waals surface area contributed by atoms with Crippen molar-refractivity contribution < 1.29 is 0 Å². The minimum absolute atomic E-state index is 0.467. The molecule has 2 heterocycles. The summed E-state index contributed by atoms with van der Waals surface area (Å²) in [6.45, 7) is 4.27. The van der Waals surface area contributed by atoms with Crippen LogP contribution in [0.2, 0.25) is 0 Å². The van der Waals surface area contributed by atoms with E-state index in [1.807, 2.05) is 4.68 Å². The maximum atomic E-state index is 4.40. The minimum atomic E-state index is 0.467. The molecule has 0 N–H and O–H groups in total. The van der Waals surface area contributed by atoms with E-state index in [0.29, 0.717) is 6.04 Å². The lowest BCUT2D eigenvalue weighted by Gasteiger charge is -2.02. The molecular weight excluding hydrogens is 156 g/mol. The van der Waals surface area contributed by atoms with E-state index < -0.39 is 0 Å². The Morgan fingerprint density at radius 3 is 3.00 bits per heavy atom. The van der Waals surface area contributed by atoms with E-state index in [4.69, 9.17) is 0 Å². The number of nitrogens with zero attached hydrogens (tertiary/aromatic N) is 2. The lowest BCUT2D eigenvalue weighted by molar-refractivity contribution is 0.537. The van der Waals surface area contributed by atoms with Crippen molar-refractivity contribution >= 4 is 21.6 Å². The molecular formula is C8H10N2S. The average Bonchev–Trinajstić information content (AvgIpc) is 2.40. The summed E-state index contributed by atoms with van der Waals surface area (Å²) in [5.74, 6) is 0. The van der Waals surface area contributed by atoms with Crippen molar-refractivity contribution in [3.63, 3.8) is 0 Å². The van der Waals surface area contributed by atoms with Gasteiger partial charge in [0, 0.05) is 12.2 Å². The highest BCUT2D eigenvalue weighted by Crippen LogP contribution is 2.20. The standard InChI is InChI=1S/C8H10N2S/c1-6(2)10-5-8-7(9-10)3-4-11-8/h3-6H,1-2H3. The van der Waals surface area contributed by atoms with Crippen LogP contribution < -0.4 is 0 Å². The molecule has 0 unspecified atom stereocenters. The Kier molecular flexibility index (Phi) is 1.46. The summed E-state index contributed by atoms with van der Waals surface area (Å²) in [6.07, 6.45) is 2.10. The van der Waals surface area contributed by atoms with E-state index in [9.17, 15) is 0 Å². The Bertz CT molecular complexity index is 330. The predicted octanol–water partition coefficient (Wildman–Crippen LogP) is 2.68. The zero-order chi connectivity index (χ0) is 7.84. The van der Waals surface area contributed by atoms with Crippen molar-refractivity contribution in [3.05, 3.63) is 17.6 Å². The van der Waals surface area contributed by atoms with Gasteiger partial charge in [-0.25, -0.2) is 0 Å². The highest BCUT2D eigenvalue weighted by molar-refractivity contribution is 7.17. The number of thiophene rings is 1. The molecule has 0 amide bonds. The van der Waals surface area contributed by atoms with Gasteiger partial charge in [0.15, 0.2) is 0 Å². The Labute approximate surface area is 69.5 Å². The van der Waals surface area contributed by atoms with Crippen LogP contribution in [0.25, 0.3) is 10.2 Å². The van der Waals surface area contributed by atoms with Crippen LogP contribution in [0.1, 0.15) is 19.9 Å². The van der Waals surface area contributed by atoms with Gasteiger partial charge in [0.1, 0.15) is 5.52 Å². The first-order chi connectivity index (χ1) is 5.27. The first-order valence-electron chi connectivity index (χ1n) is 3.70. The summed E-state index contributed by atoms with van der Waals surface area (Å²) in [5.41, 5.74) is 1.11. The van der Waals surface area contributed by atoms with Crippen LogP contribution in [0.4, 0.5) is 0 Å². The fourth-order valence-corrected chi connectivity index (χ4v) is 1.77. The Balaban J connectivity index is 2.58. The average molecular weight is 166 g/mol. The highest BCUT2D eigenvalue weighted by atomic mass is 32.1. The van der Waals surface area contributed by atoms with E-state index in [1.165, 1.54) is 4.70 Å². The second kappa shape index (κ2) is 2.34. The van der Waals surface area contributed by atoms with Crippen molar-refractivity contribution in [3.8, 4) is 0 Å². The Morgan fingerprint density at radius 2 is 2.36 bits per heavy atom. The highest BCUT2D eigenvalue weighted by Gasteiger charge is 2.02. The molecule has 0 saturated carbocycles. The van der Waals surface area contributed by atoms with E-state index in [-0.39, 0.29) is 0 Å². The fraction of sp³-hybridized carbons (Fsp3) is 0.375. The molecule has 11 heavy (non-hydrogen) atoms. The third-order valence-electron chi connectivity index (χ3n) is 1.68. The topological polar surface area (TPSA) is 17.8 Å². The Hall–Kier alpha value is -0.830. The maximum Gasteiger partial charge on any atom is 0.103 e. The summed E-state index contributed by atoms with van der Waals surface area (Å²) in [4.78, 5) is 0. The summed E-state index contributed by atoms with van der Waals surface area (Å²) in [7, 11) is 0. The van der Waals surface area contributed by atoms with Crippen LogP contribution in [0.15, 0.2) is 17.6 Å². The monoisotopic (exact) mass is 166 g/mol. The molecule has 58 valence electrons. The minimum Gasteiger partial charge on any atom is -0.268 e. The van der Waals surface area contributed by atoms with Gasteiger partial charge < -0.3 is 0 Å².